The second-order valence-corrected chi connectivity index (χ2v) is 3.80. The lowest BCUT2D eigenvalue weighted by molar-refractivity contribution is 0.271. The van der Waals surface area contributed by atoms with Crippen LogP contribution in [-0.2, 0) is 0 Å². The van der Waals surface area contributed by atoms with Gasteiger partial charge in [0.05, 0.1) is 6.61 Å². The van der Waals surface area contributed by atoms with Crippen LogP contribution in [0.2, 0.25) is 0 Å². The average Bonchev–Trinajstić information content (AvgIpc) is 1.95. The zero-order valence-electron chi connectivity index (χ0n) is 7.46. The van der Waals surface area contributed by atoms with Crippen LogP contribution in [0.4, 0.5) is 0 Å². The third-order valence-corrected chi connectivity index (χ3v) is 2.69. The third-order valence-electron chi connectivity index (χ3n) is 2.69. The minimum atomic E-state index is 0.189. The molecule has 62 valence electrons. The molecule has 0 amide bonds. The fraction of sp³-hybridized carbons (Fsp3) is 0.600. The second kappa shape index (κ2) is 2.82. The van der Waals surface area contributed by atoms with Gasteiger partial charge in [0.15, 0.2) is 0 Å². The molecule has 0 saturated heterocycles. The molecule has 0 heterocycles. The highest BCUT2D eigenvalue weighted by atomic mass is 16.3. The summed E-state index contributed by atoms with van der Waals surface area (Å²) in [7, 11) is 0. The van der Waals surface area contributed by atoms with Crippen LogP contribution in [-0.4, -0.2) is 11.7 Å². The van der Waals surface area contributed by atoms with Crippen LogP contribution in [0.5, 0.6) is 0 Å². The summed E-state index contributed by atoms with van der Waals surface area (Å²) in [6.07, 6.45) is 6.23. The molecule has 0 aromatic heterocycles. The lowest BCUT2D eigenvalue weighted by Gasteiger charge is -2.32. The molecule has 0 bridgehead atoms. The maximum absolute atomic E-state index is 8.99. The van der Waals surface area contributed by atoms with E-state index in [1.807, 2.05) is 12.2 Å². The van der Waals surface area contributed by atoms with Crippen LogP contribution in [0.3, 0.4) is 0 Å². The zero-order chi connectivity index (χ0) is 8.48. The first kappa shape index (κ1) is 8.54. The highest BCUT2D eigenvalue weighted by Crippen LogP contribution is 2.35. The largest absolute Gasteiger partial charge is 0.392 e. The van der Waals surface area contributed by atoms with Crippen molar-refractivity contribution < 1.29 is 5.11 Å². The van der Waals surface area contributed by atoms with Gasteiger partial charge in [-0.1, -0.05) is 39.0 Å². The molecule has 0 aromatic carbocycles. The van der Waals surface area contributed by atoms with Crippen molar-refractivity contribution in [2.75, 3.05) is 6.61 Å². The first-order valence-electron chi connectivity index (χ1n) is 4.07. The molecule has 11 heavy (non-hydrogen) atoms. The Morgan fingerprint density at radius 2 is 2.18 bits per heavy atom. The van der Waals surface area contributed by atoms with Crippen molar-refractivity contribution in [3.05, 3.63) is 23.8 Å². The summed E-state index contributed by atoms with van der Waals surface area (Å²) in [4.78, 5) is 0. The van der Waals surface area contributed by atoms with Gasteiger partial charge in [-0.15, -0.1) is 0 Å². The van der Waals surface area contributed by atoms with Crippen LogP contribution in [0.1, 0.15) is 20.8 Å². The summed E-state index contributed by atoms with van der Waals surface area (Å²) in [6, 6.07) is 0. The fourth-order valence-corrected chi connectivity index (χ4v) is 1.38. The van der Waals surface area contributed by atoms with Crippen molar-refractivity contribution in [2.45, 2.75) is 20.8 Å². The summed E-state index contributed by atoms with van der Waals surface area (Å²) < 4.78 is 0. The Morgan fingerprint density at radius 1 is 1.55 bits per heavy atom. The van der Waals surface area contributed by atoms with E-state index in [1.54, 1.807) is 0 Å². The minimum absolute atomic E-state index is 0.189. The van der Waals surface area contributed by atoms with Gasteiger partial charge in [-0.25, -0.2) is 0 Å². The van der Waals surface area contributed by atoms with E-state index >= 15 is 0 Å². The molecule has 1 aliphatic rings. The molecular formula is C10H16O. The van der Waals surface area contributed by atoms with Crippen molar-refractivity contribution in [2.24, 2.45) is 11.3 Å². The third kappa shape index (κ3) is 1.54. The van der Waals surface area contributed by atoms with Crippen molar-refractivity contribution in [3.63, 3.8) is 0 Å². The maximum Gasteiger partial charge on any atom is 0.0647 e. The Bertz CT molecular complexity index is 199. The van der Waals surface area contributed by atoms with Crippen LogP contribution in [0.15, 0.2) is 23.8 Å². The number of rotatable bonds is 1. The molecular weight excluding hydrogens is 136 g/mol. The summed E-state index contributed by atoms with van der Waals surface area (Å²) in [5, 5.41) is 8.99. The van der Waals surface area contributed by atoms with Gasteiger partial charge < -0.3 is 5.11 Å². The quantitative estimate of drug-likeness (QED) is 0.610. The van der Waals surface area contributed by atoms with E-state index in [9.17, 15) is 0 Å². The van der Waals surface area contributed by atoms with Gasteiger partial charge in [0.25, 0.3) is 0 Å². The molecule has 0 spiro atoms. The molecule has 1 atom stereocenters. The molecule has 1 heteroatoms. The highest BCUT2D eigenvalue weighted by molar-refractivity contribution is 5.25. The Balaban J connectivity index is 2.86. The molecule has 1 nitrogen and oxygen atoms in total. The van der Waals surface area contributed by atoms with Crippen molar-refractivity contribution in [1.82, 2.24) is 0 Å². The summed E-state index contributed by atoms with van der Waals surface area (Å²) >= 11 is 0. The van der Waals surface area contributed by atoms with Gasteiger partial charge >= 0.3 is 0 Å². The number of allylic oxidation sites excluding steroid dienone is 3. The normalized spacial score (nSPS) is 28.4. The molecule has 0 aliphatic heterocycles. The molecule has 0 saturated carbocycles. The Labute approximate surface area is 68.4 Å². The zero-order valence-corrected chi connectivity index (χ0v) is 7.46. The smallest absolute Gasteiger partial charge is 0.0647 e. The molecule has 1 rings (SSSR count). The van der Waals surface area contributed by atoms with E-state index in [2.05, 4.69) is 26.8 Å². The van der Waals surface area contributed by atoms with E-state index in [4.69, 9.17) is 5.11 Å². The number of hydrogen-bond acceptors (Lipinski definition) is 1. The van der Waals surface area contributed by atoms with E-state index in [1.165, 1.54) is 0 Å². The van der Waals surface area contributed by atoms with E-state index in [0.717, 1.165) is 5.57 Å². The van der Waals surface area contributed by atoms with Gasteiger partial charge in [-0.3, -0.25) is 0 Å². The second-order valence-electron chi connectivity index (χ2n) is 3.80. The molecule has 1 aliphatic carbocycles. The average molecular weight is 152 g/mol. The number of aliphatic hydroxyl groups excluding tert-OH is 1. The van der Waals surface area contributed by atoms with Gasteiger partial charge in [0.1, 0.15) is 0 Å². The lowest BCUT2D eigenvalue weighted by Crippen LogP contribution is -2.24. The molecule has 0 radical (unpaired) electrons. The van der Waals surface area contributed by atoms with Crippen molar-refractivity contribution in [3.8, 4) is 0 Å². The Kier molecular flexibility index (Phi) is 2.19. The number of aliphatic hydroxyl groups is 1. The van der Waals surface area contributed by atoms with E-state index in [0.29, 0.717) is 5.92 Å². The molecule has 0 aromatic rings. The Hall–Kier alpha value is -0.560. The summed E-state index contributed by atoms with van der Waals surface area (Å²) in [6.45, 7) is 6.73. The molecule has 0 fully saturated rings. The minimum Gasteiger partial charge on any atom is -0.392 e. The van der Waals surface area contributed by atoms with Gasteiger partial charge in [0, 0.05) is 0 Å². The lowest BCUT2D eigenvalue weighted by atomic mass is 9.73. The summed E-state index contributed by atoms with van der Waals surface area (Å²) in [5.74, 6) is 0.456. The fourth-order valence-electron chi connectivity index (χ4n) is 1.38. The SMILES string of the molecule is CC1C(CO)=CC=CC1(C)C. The van der Waals surface area contributed by atoms with Gasteiger partial charge in [-0.2, -0.15) is 0 Å². The monoisotopic (exact) mass is 152 g/mol. The van der Waals surface area contributed by atoms with Gasteiger partial charge in [0.2, 0.25) is 0 Å². The van der Waals surface area contributed by atoms with Crippen molar-refractivity contribution >= 4 is 0 Å². The van der Waals surface area contributed by atoms with Crippen LogP contribution >= 0.6 is 0 Å². The highest BCUT2D eigenvalue weighted by Gasteiger charge is 2.27. The predicted octanol–water partition coefficient (Wildman–Crippen LogP) is 2.14. The first-order chi connectivity index (χ1) is 5.08. The maximum atomic E-state index is 8.99. The van der Waals surface area contributed by atoms with Crippen LogP contribution in [0.25, 0.3) is 0 Å². The van der Waals surface area contributed by atoms with Crippen molar-refractivity contribution in [1.29, 1.82) is 0 Å². The van der Waals surface area contributed by atoms with Crippen LogP contribution < -0.4 is 0 Å². The van der Waals surface area contributed by atoms with E-state index in [-0.39, 0.29) is 12.0 Å². The van der Waals surface area contributed by atoms with Gasteiger partial charge in [-0.05, 0) is 16.9 Å². The first-order valence-corrected chi connectivity index (χ1v) is 4.07. The molecule has 1 unspecified atom stereocenters. The topological polar surface area (TPSA) is 20.2 Å². The summed E-state index contributed by atoms with van der Waals surface area (Å²) in [5.41, 5.74) is 1.34. The number of hydrogen-bond donors (Lipinski definition) is 1. The molecule has 1 N–H and O–H groups in total. The van der Waals surface area contributed by atoms with Crippen LogP contribution in [0, 0.1) is 11.3 Å². The standard InChI is InChI=1S/C10H16O/c1-8-9(7-11)5-4-6-10(8,2)3/h4-6,8,11H,7H2,1-3H3. The predicted molar refractivity (Wildman–Crippen MR) is 47.3 cm³/mol. The Morgan fingerprint density at radius 3 is 2.64 bits per heavy atom. The van der Waals surface area contributed by atoms with E-state index < -0.39 is 0 Å².